The van der Waals surface area contributed by atoms with Crippen LogP contribution in [0.25, 0.3) is 0 Å². The zero-order valence-electron chi connectivity index (χ0n) is 8.35. The Morgan fingerprint density at radius 3 is 1.91 bits per heavy atom. The molecule has 0 radical (unpaired) electrons. The lowest BCUT2D eigenvalue weighted by atomic mass is 10.1. The van der Waals surface area contributed by atoms with Gasteiger partial charge in [-0.3, -0.25) is 0 Å². The second-order valence-electron chi connectivity index (χ2n) is 2.16. The van der Waals surface area contributed by atoms with Gasteiger partial charge in [-0.15, -0.1) is 0 Å². The molecule has 1 nitrogen and oxygen atoms in total. The Labute approximate surface area is 70.8 Å². The van der Waals surface area contributed by atoms with Crippen LogP contribution in [0.15, 0.2) is 24.5 Å². The maximum Gasteiger partial charge on any atom is 0.0980 e. The fourth-order valence-corrected chi connectivity index (χ4v) is 0.612. The number of hydrogen-bond acceptors (Lipinski definition) is 1. The predicted molar refractivity (Wildman–Crippen MR) is 51.5 cm³/mol. The molecule has 0 aliphatic rings. The summed E-state index contributed by atoms with van der Waals surface area (Å²) in [6, 6.07) is 0. The number of ether oxygens (including phenoxy) is 1. The van der Waals surface area contributed by atoms with Gasteiger partial charge in [-0.05, 0) is 6.08 Å². The highest BCUT2D eigenvalue weighted by molar-refractivity contribution is 5.05. The van der Waals surface area contributed by atoms with E-state index in [1.807, 2.05) is 19.9 Å². The molecule has 0 aromatic carbocycles. The van der Waals surface area contributed by atoms with Crippen molar-refractivity contribution in [1.82, 2.24) is 0 Å². The molecule has 0 aliphatic carbocycles. The van der Waals surface area contributed by atoms with Gasteiger partial charge in [-0.1, -0.05) is 40.3 Å². The quantitative estimate of drug-likeness (QED) is 0.449. The number of allylic oxidation sites excluding steroid dienone is 3. The van der Waals surface area contributed by atoms with Crippen LogP contribution in [0.1, 0.15) is 27.7 Å². The minimum atomic E-state index is 0.452. The monoisotopic (exact) mass is 156 g/mol. The molecule has 0 amide bonds. The molecule has 0 rings (SSSR count). The van der Waals surface area contributed by atoms with Crippen molar-refractivity contribution in [3.05, 3.63) is 24.5 Å². The van der Waals surface area contributed by atoms with Gasteiger partial charge in [0.05, 0.1) is 12.9 Å². The van der Waals surface area contributed by atoms with E-state index in [1.54, 1.807) is 13.2 Å². The van der Waals surface area contributed by atoms with Crippen LogP contribution in [0, 0.1) is 5.92 Å². The molecule has 0 heterocycles. The summed E-state index contributed by atoms with van der Waals surface area (Å²) in [5.41, 5.74) is 0. The van der Waals surface area contributed by atoms with Crippen molar-refractivity contribution in [2.75, 3.05) is 7.11 Å². The van der Waals surface area contributed by atoms with Crippen LogP contribution in [-0.4, -0.2) is 7.11 Å². The van der Waals surface area contributed by atoms with Crippen LogP contribution in [0.2, 0.25) is 0 Å². The Morgan fingerprint density at radius 1 is 1.36 bits per heavy atom. The normalized spacial score (nSPS) is 10.2. The van der Waals surface area contributed by atoms with E-state index in [9.17, 15) is 0 Å². The third-order valence-corrected chi connectivity index (χ3v) is 1.09. The molecule has 0 spiro atoms. The summed E-state index contributed by atoms with van der Waals surface area (Å²) in [6.45, 7) is 11.7. The van der Waals surface area contributed by atoms with Gasteiger partial charge in [0.1, 0.15) is 0 Å². The first-order valence-corrected chi connectivity index (χ1v) is 4.09. The van der Waals surface area contributed by atoms with Gasteiger partial charge >= 0.3 is 0 Å². The molecule has 0 saturated carbocycles. The van der Waals surface area contributed by atoms with Crippen molar-refractivity contribution in [3.8, 4) is 0 Å². The molecule has 0 aromatic rings. The summed E-state index contributed by atoms with van der Waals surface area (Å²) in [7, 11) is 1.68. The SMILES string of the molecule is C=C/C=C(\OC)C(C)C.CC. The summed E-state index contributed by atoms with van der Waals surface area (Å²) in [5, 5.41) is 0. The molecule has 0 atom stereocenters. The average Bonchev–Trinajstić information content (AvgIpc) is 2.03. The predicted octanol–water partition coefficient (Wildman–Crippen LogP) is 3.38. The number of methoxy groups -OCH3 is 1. The van der Waals surface area contributed by atoms with E-state index in [0.717, 1.165) is 5.76 Å². The van der Waals surface area contributed by atoms with Crippen molar-refractivity contribution in [2.24, 2.45) is 5.92 Å². The van der Waals surface area contributed by atoms with Crippen molar-refractivity contribution >= 4 is 0 Å². The van der Waals surface area contributed by atoms with Crippen LogP contribution in [0.4, 0.5) is 0 Å². The van der Waals surface area contributed by atoms with Crippen molar-refractivity contribution in [2.45, 2.75) is 27.7 Å². The second kappa shape index (κ2) is 9.28. The van der Waals surface area contributed by atoms with Gasteiger partial charge in [0.2, 0.25) is 0 Å². The van der Waals surface area contributed by atoms with Gasteiger partial charge in [0.25, 0.3) is 0 Å². The highest BCUT2D eigenvalue weighted by Crippen LogP contribution is 2.08. The first-order chi connectivity index (χ1) is 5.22. The molecular weight excluding hydrogens is 136 g/mol. The van der Waals surface area contributed by atoms with E-state index in [1.165, 1.54) is 0 Å². The minimum Gasteiger partial charge on any atom is -0.501 e. The van der Waals surface area contributed by atoms with Crippen LogP contribution < -0.4 is 0 Å². The molecule has 1 heteroatoms. The molecule has 11 heavy (non-hydrogen) atoms. The van der Waals surface area contributed by atoms with Gasteiger partial charge in [-0.25, -0.2) is 0 Å². The van der Waals surface area contributed by atoms with Gasteiger partial charge in [0.15, 0.2) is 0 Å². The Kier molecular flexibility index (Phi) is 10.9. The first kappa shape index (κ1) is 12.9. The van der Waals surface area contributed by atoms with Gasteiger partial charge < -0.3 is 4.74 Å². The van der Waals surface area contributed by atoms with Crippen LogP contribution >= 0.6 is 0 Å². The van der Waals surface area contributed by atoms with Crippen molar-refractivity contribution in [1.29, 1.82) is 0 Å². The molecule has 0 saturated heterocycles. The Balaban J connectivity index is 0. The first-order valence-electron chi connectivity index (χ1n) is 4.09. The lowest BCUT2D eigenvalue weighted by Crippen LogP contribution is -1.94. The highest BCUT2D eigenvalue weighted by atomic mass is 16.5. The maximum atomic E-state index is 5.04. The Morgan fingerprint density at radius 2 is 1.82 bits per heavy atom. The lowest BCUT2D eigenvalue weighted by molar-refractivity contribution is 0.254. The highest BCUT2D eigenvalue weighted by Gasteiger charge is 1.98. The summed E-state index contributed by atoms with van der Waals surface area (Å²) in [6.07, 6.45) is 3.61. The van der Waals surface area contributed by atoms with Crippen molar-refractivity contribution < 1.29 is 4.74 Å². The maximum absolute atomic E-state index is 5.04. The largest absolute Gasteiger partial charge is 0.501 e. The molecule has 0 bridgehead atoms. The molecule has 0 aromatic heterocycles. The minimum absolute atomic E-state index is 0.452. The third kappa shape index (κ3) is 7.17. The standard InChI is InChI=1S/C8H14O.C2H6/c1-5-6-8(9-4)7(2)3;1-2/h5-7H,1H2,2-4H3;1-2H3/b8-6-;. The third-order valence-electron chi connectivity index (χ3n) is 1.09. The zero-order chi connectivity index (χ0) is 9.28. The summed E-state index contributed by atoms with van der Waals surface area (Å²) in [5.74, 6) is 1.43. The lowest BCUT2D eigenvalue weighted by Gasteiger charge is -2.07. The molecule has 0 N–H and O–H groups in total. The van der Waals surface area contributed by atoms with E-state index in [4.69, 9.17) is 4.74 Å². The van der Waals surface area contributed by atoms with Crippen LogP contribution in [0.5, 0.6) is 0 Å². The van der Waals surface area contributed by atoms with E-state index in [-0.39, 0.29) is 0 Å². The molecule has 0 unspecified atom stereocenters. The Hall–Kier alpha value is -0.720. The number of rotatable bonds is 3. The second-order valence-corrected chi connectivity index (χ2v) is 2.16. The van der Waals surface area contributed by atoms with Crippen molar-refractivity contribution in [3.63, 3.8) is 0 Å². The van der Waals surface area contributed by atoms with Gasteiger partial charge in [-0.2, -0.15) is 0 Å². The van der Waals surface area contributed by atoms with Gasteiger partial charge in [0, 0.05) is 5.92 Å². The van der Waals surface area contributed by atoms with Crippen LogP contribution in [0.3, 0.4) is 0 Å². The summed E-state index contributed by atoms with van der Waals surface area (Å²) >= 11 is 0. The summed E-state index contributed by atoms with van der Waals surface area (Å²) in [4.78, 5) is 0. The van der Waals surface area contributed by atoms with E-state index < -0.39 is 0 Å². The molecule has 0 aliphatic heterocycles. The van der Waals surface area contributed by atoms with E-state index in [2.05, 4.69) is 20.4 Å². The van der Waals surface area contributed by atoms with E-state index >= 15 is 0 Å². The number of hydrogen-bond donors (Lipinski definition) is 0. The average molecular weight is 156 g/mol. The van der Waals surface area contributed by atoms with Crippen LogP contribution in [-0.2, 0) is 4.74 Å². The summed E-state index contributed by atoms with van der Waals surface area (Å²) < 4.78 is 5.04. The fourth-order valence-electron chi connectivity index (χ4n) is 0.612. The molecule has 0 fully saturated rings. The fraction of sp³-hybridized carbons (Fsp3) is 0.600. The van der Waals surface area contributed by atoms with E-state index in [0.29, 0.717) is 5.92 Å². The zero-order valence-corrected chi connectivity index (χ0v) is 8.35. The smallest absolute Gasteiger partial charge is 0.0980 e. The Bertz CT molecular complexity index is 112. The molecule has 66 valence electrons. The topological polar surface area (TPSA) is 9.23 Å². The molecular formula is C10H20O.